The third-order valence-corrected chi connectivity index (χ3v) is 5.27. The predicted molar refractivity (Wildman–Crippen MR) is 115 cm³/mol. The SMILES string of the molecule is COc1ccc(C(CC(=O)O)CC(=O)NCCCn2ncc3c(Cl)cccc32)cc1. The molecule has 0 aliphatic heterocycles. The second-order valence-electron chi connectivity index (χ2n) is 7.02. The highest BCUT2D eigenvalue weighted by atomic mass is 35.5. The minimum absolute atomic E-state index is 0.110. The van der Waals surface area contributed by atoms with Crippen molar-refractivity contribution in [2.45, 2.75) is 31.7 Å². The summed E-state index contributed by atoms with van der Waals surface area (Å²) in [6.07, 6.45) is 2.43. The number of halogens is 1. The standard InChI is InChI=1S/C22H24ClN3O4/c1-30-17-8-6-15(7-9-17)16(13-22(28)29)12-21(27)24-10-3-11-26-20-5-2-4-19(23)18(20)14-25-26/h2,4-9,14,16H,3,10-13H2,1H3,(H,24,27)(H,28,29). The number of rotatable bonds is 10. The zero-order valence-electron chi connectivity index (χ0n) is 16.7. The maximum absolute atomic E-state index is 12.4. The summed E-state index contributed by atoms with van der Waals surface area (Å²) in [4.78, 5) is 23.6. The largest absolute Gasteiger partial charge is 0.497 e. The molecule has 1 aromatic heterocycles. The zero-order chi connectivity index (χ0) is 21.5. The number of amides is 1. The second-order valence-corrected chi connectivity index (χ2v) is 7.42. The van der Waals surface area contributed by atoms with Crippen molar-refractivity contribution in [2.75, 3.05) is 13.7 Å². The monoisotopic (exact) mass is 429 g/mol. The average Bonchev–Trinajstić information content (AvgIpc) is 3.15. The van der Waals surface area contributed by atoms with E-state index in [1.54, 1.807) is 37.6 Å². The van der Waals surface area contributed by atoms with Gasteiger partial charge in [-0.1, -0.05) is 29.8 Å². The number of aromatic nitrogens is 2. The number of nitrogens with one attached hydrogen (secondary N) is 1. The number of hydrogen-bond acceptors (Lipinski definition) is 4. The molecule has 0 spiro atoms. The summed E-state index contributed by atoms with van der Waals surface area (Å²) in [6, 6.07) is 12.8. The Kier molecular flexibility index (Phi) is 7.30. The quantitative estimate of drug-likeness (QED) is 0.477. The highest BCUT2D eigenvalue weighted by Gasteiger charge is 2.19. The van der Waals surface area contributed by atoms with Crippen molar-refractivity contribution in [3.63, 3.8) is 0 Å². The first-order valence-corrected chi connectivity index (χ1v) is 10.1. The summed E-state index contributed by atoms with van der Waals surface area (Å²) in [5, 5.41) is 18.0. The van der Waals surface area contributed by atoms with Crippen molar-refractivity contribution < 1.29 is 19.4 Å². The van der Waals surface area contributed by atoms with Crippen molar-refractivity contribution in [2.24, 2.45) is 0 Å². The molecule has 0 aliphatic rings. The maximum Gasteiger partial charge on any atom is 0.303 e. The van der Waals surface area contributed by atoms with Crippen LogP contribution >= 0.6 is 11.6 Å². The molecule has 0 bridgehead atoms. The number of methoxy groups -OCH3 is 1. The molecule has 2 N–H and O–H groups in total. The van der Waals surface area contributed by atoms with Gasteiger partial charge in [0.05, 0.1) is 30.3 Å². The van der Waals surface area contributed by atoms with Crippen molar-refractivity contribution in [1.82, 2.24) is 15.1 Å². The van der Waals surface area contributed by atoms with Gasteiger partial charge in [-0.15, -0.1) is 0 Å². The van der Waals surface area contributed by atoms with E-state index in [4.69, 9.17) is 16.3 Å². The van der Waals surface area contributed by atoms with Crippen molar-refractivity contribution in [3.8, 4) is 5.75 Å². The molecule has 3 aromatic rings. The molecule has 0 fully saturated rings. The first-order valence-electron chi connectivity index (χ1n) is 9.70. The molecule has 1 unspecified atom stereocenters. The normalized spacial score (nSPS) is 11.9. The first-order chi connectivity index (χ1) is 14.5. The smallest absolute Gasteiger partial charge is 0.303 e. The molecule has 8 heteroatoms. The topological polar surface area (TPSA) is 93.5 Å². The average molecular weight is 430 g/mol. The van der Waals surface area contributed by atoms with Crippen LogP contribution in [0.15, 0.2) is 48.7 Å². The molecule has 3 rings (SSSR count). The molecule has 7 nitrogen and oxygen atoms in total. The van der Waals surface area contributed by atoms with Gasteiger partial charge in [-0.05, 0) is 36.2 Å². The van der Waals surface area contributed by atoms with E-state index in [-0.39, 0.29) is 18.7 Å². The van der Waals surface area contributed by atoms with Gasteiger partial charge < -0.3 is 15.2 Å². The number of fused-ring (bicyclic) bond motifs is 1. The van der Waals surface area contributed by atoms with Gasteiger partial charge in [0.1, 0.15) is 5.75 Å². The highest BCUT2D eigenvalue weighted by Crippen LogP contribution is 2.26. The van der Waals surface area contributed by atoms with Gasteiger partial charge in [-0.3, -0.25) is 14.3 Å². The van der Waals surface area contributed by atoms with Crippen molar-refractivity contribution in [1.29, 1.82) is 0 Å². The van der Waals surface area contributed by atoms with Crippen LogP contribution in [0.1, 0.15) is 30.7 Å². The molecule has 0 saturated heterocycles. The number of aryl methyl sites for hydroxylation is 1. The number of aliphatic carboxylic acids is 1. The number of nitrogens with zero attached hydrogens (tertiary/aromatic N) is 2. The number of carboxylic acids is 1. The Bertz CT molecular complexity index is 1020. The van der Waals surface area contributed by atoms with Gasteiger partial charge >= 0.3 is 5.97 Å². The highest BCUT2D eigenvalue weighted by molar-refractivity contribution is 6.35. The van der Waals surface area contributed by atoms with E-state index in [1.165, 1.54) is 0 Å². The molecule has 0 radical (unpaired) electrons. The van der Waals surface area contributed by atoms with Crippen LogP contribution < -0.4 is 10.1 Å². The van der Waals surface area contributed by atoms with Gasteiger partial charge in [-0.2, -0.15) is 5.10 Å². The Labute approximate surface area is 179 Å². The summed E-state index contributed by atoms with van der Waals surface area (Å²) < 4.78 is 6.99. The van der Waals surface area contributed by atoms with Crippen molar-refractivity contribution >= 4 is 34.4 Å². The van der Waals surface area contributed by atoms with E-state index in [0.29, 0.717) is 30.3 Å². The van der Waals surface area contributed by atoms with Gasteiger partial charge in [0, 0.05) is 30.8 Å². The lowest BCUT2D eigenvalue weighted by Gasteiger charge is -2.16. The second kappa shape index (κ2) is 10.1. The molecule has 0 saturated carbocycles. The molecular formula is C22H24ClN3O4. The Morgan fingerprint density at radius 1 is 1.20 bits per heavy atom. The molecule has 30 heavy (non-hydrogen) atoms. The van der Waals surface area contributed by atoms with Gasteiger partial charge in [0.25, 0.3) is 0 Å². The fourth-order valence-corrected chi connectivity index (χ4v) is 3.61. The van der Waals surface area contributed by atoms with E-state index < -0.39 is 11.9 Å². The number of hydrogen-bond donors (Lipinski definition) is 2. The molecular weight excluding hydrogens is 406 g/mol. The van der Waals surface area contributed by atoms with Crippen LogP contribution in [0, 0.1) is 0 Å². The third kappa shape index (κ3) is 5.51. The Balaban J connectivity index is 1.52. The van der Waals surface area contributed by atoms with E-state index in [2.05, 4.69) is 10.4 Å². The lowest BCUT2D eigenvalue weighted by Crippen LogP contribution is -2.27. The minimum Gasteiger partial charge on any atom is -0.497 e. The number of ether oxygens (including phenoxy) is 1. The molecule has 0 aliphatic carbocycles. The summed E-state index contributed by atoms with van der Waals surface area (Å²) in [6.45, 7) is 1.12. The number of benzene rings is 2. The van der Waals surface area contributed by atoms with Crippen LogP contribution in [-0.2, 0) is 16.1 Å². The van der Waals surface area contributed by atoms with E-state index in [0.717, 1.165) is 16.5 Å². The predicted octanol–water partition coefficient (Wildman–Crippen LogP) is 3.85. The minimum atomic E-state index is -0.937. The van der Waals surface area contributed by atoms with Crippen molar-refractivity contribution in [3.05, 3.63) is 59.2 Å². The van der Waals surface area contributed by atoms with Crippen LogP contribution in [0.5, 0.6) is 5.75 Å². The van der Waals surface area contributed by atoms with Crippen LogP contribution in [0.25, 0.3) is 10.9 Å². The number of carbonyl (C=O) groups excluding carboxylic acids is 1. The van der Waals surface area contributed by atoms with Gasteiger partial charge in [0.2, 0.25) is 5.91 Å². The molecule has 1 atom stereocenters. The number of carboxylic acid groups (broad SMARTS) is 1. The van der Waals surface area contributed by atoms with Crippen LogP contribution in [0.4, 0.5) is 0 Å². The van der Waals surface area contributed by atoms with Gasteiger partial charge in [-0.25, -0.2) is 0 Å². The number of carbonyl (C=O) groups is 2. The fourth-order valence-electron chi connectivity index (χ4n) is 3.39. The van der Waals surface area contributed by atoms with E-state index in [9.17, 15) is 14.7 Å². The van der Waals surface area contributed by atoms with E-state index >= 15 is 0 Å². The summed E-state index contributed by atoms with van der Waals surface area (Å²) in [7, 11) is 1.57. The van der Waals surface area contributed by atoms with Crippen LogP contribution in [0.3, 0.4) is 0 Å². The summed E-state index contributed by atoms with van der Waals surface area (Å²) in [5.41, 5.74) is 1.75. The fraction of sp³-hybridized carbons (Fsp3) is 0.318. The van der Waals surface area contributed by atoms with E-state index in [1.807, 2.05) is 22.9 Å². The molecule has 2 aromatic carbocycles. The Morgan fingerprint density at radius 3 is 2.67 bits per heavy atom. The lowest BCUT2D eigenvalue weighted by atomic mass is 9.92. The molecule has 1 heterocycles. The first kappa shape index (κ1) is 21.6. The molecule has 1 amide bonds. The Hall–Kier alpha value is -3.06. The molecule has 158 valence electrons. The van der Waals surface area contributed by atoms with Crippen LogP contribution in [-0.4, -0.2) is 40.4 Å². The lowest BCUT2D eigenvalue weighted by molar-refractivity contribution is -0.137. The van der Waals surface area contributed by atoms with Crippen LogP contribution in [0.2, 0.25) is 5.02 Å². The summed E-state index contributed by atoms with van der Waals surface area (Å²) in [5.74, 6) is -0.825. The third-order valence-electron chi connectivity index (χ3n) is 4.94. The Morgan fingerprint density at radius 2 is 1.97 bits per heavy atom. The zero-order valence-corrected chi connectivity index (χ0v) is 17.4. The van der Waals surface area contributed by atoms with Gasteiger partial charge in [0.15, 0.2) is 0 Å². The summed E-state index contributed by atoms with van der Waals surface area (Å²) >= 11 is 6.17. The maximum atomic E-state index is 12.4.